The van der Waals surface area contributed by atoms with E-state index in [9.17, 15) is 19.5 Å². The first kappa shape index (κ1) is 27.1. The lowest BCUT2D eigenvalue weighted by Gasteiger charge is -2.37. The first-order valence-corrected chi connectivity index (χ1v) is 13.8. The SMILES string of the molecule is CCOc1ccc(NC(=O)[C@@H]2[C@H]3C(=O)N([C@@H](CO)Cc4ccccc4)C(C(=O)NC(C)C)C34CC[C@H]2O4)cc1. The van der Waals surface area contributed by atoms with E-state index < -0.39 is 35.6 Å². The Morgan fingerprint density at radius 3 is 2.49 bits per heavy atom. The van der Waals surface area contributed by atoms with Crippen LogP contribution < -0.4 is 15.4 Å². The molecular weight excluding hydrogens is 498 g/mol. The highest BCUT2D eigenvalue weighted by Gasteiger charge is 2.75. The van der Waals surface area contributed by atoms with Gasteiger partial charge in [0.1, 0.15) is 17.4 Å². The minimum Gasteiger partial charge on any atom is -0.494 e. The first-order chi connectivity index (χ1) is 18.8. The van der Waals surface area contributed by atoms with Crippen LogP contribution in [-0.2, 0) is 25.5 Å². The molecule has 3 amide bonds. The van der Waals surface area contributed by atoms with Gasteiger partial charge in [0.05, 0.1) is 37.2 Å². The fourth-order valence-electron chi connectivity index (χ4n) is 6.61. The van der Waals surface area contributed by atoms with Gasteiger partial charge in [0, 0.05) is 11.7 Å². The second-order valence-electron chi connectivity index (χ2n) is 10.9. The Labute approximate surface area is 228 Å². The number of nitrogens with one attached hydrogen (secondary N) is 2. The van der Waals surface area contributed by atoms with E-state index in [1.165, 1.54) is 4.90 Å². The molecule has 0 radical (unpaired) electrons. The lowest BCUT2D eigenvalue weighted by Crippen LogP contribution is -2.59. The van der Waals surface area contributed by atoms with Crippen molar-refractivity contribution in [1.82, 2.24) is 10.2 Å². The minimum absolute atomic E-state index is 0.149. The number of ether oxygens (including phenoxy) is 2. The zero-order valence-corrected chi connectivity index (χ0v) is 22.6. The molecule has 2 bridgehead atoms. The Morgan fingerprint density at radius 1 is 1.13 bits per heavy atom. The molecule has 208 valence electrons. The normalized spacial score (nSPS) is 27.9. The average molecular weight is 536 g/mol. The van der Waals surface area contributed by atoms with Crippen LogP contribution in [0.5, 0.6) is 5.75 Å². The smallest absolute Gasteiger partial charge is 0.246 e. The molecule has 0 aliphatic carbocycles. The Bertz CT molecular complexity index is 1200. The fourth-order valence-corrected chi connectivity index (χ4v) is 6.61. The third kappa shape index (κ3) is 4.89. The number of amides is 3. The van der Waals surface area contributed by atoms with Crippen molar-refractivity contribution in [2.24, 2.45) is 11.8 Å². The number of aliphatic hydroxyl groups excluding tert-OH is 1. The summed E-state index contributed by atoms with van der Waals surface area (Å²) in [5.74, 6) is -1.80. The summed E-state index contributed by atoms with van der Waals surface area (Å²) < 4.78 is 12.0. The Kier molecular flexibility index (Phi) is 7.64. The maximum Gasteiger partial charge on any atom is 0.246 e. The molecule has 39 heavy (non-hydrogen) atoms. The molecule has 3 heterocycles. The number of hydrogen-bond acceptors (Lipinski definition) is 6. The number of carbonyl (C=O) groups is 3. The van der Waals surface area contributed by atoms with Gasteiger partial charge < -0.3 is 30.1 Å². The molecule has 2 aromatic rings. The van der Waals surface area contributed by atoms with Crippen LogP contribution in [0.1, 0.15) is 39.2 Å². The van der Waals surface area contributed by atoms with Crippen molar-refractivity contribution < 1.29 is 29.0 Å². The highest BCUT2D eigenvalue weighted by molar-refractivity contribution is 6.02. The van der Waals surface area contributed by atoms with E-state index in [1.54, 1.807) is 24.3 Å². The van der Waals surface area contributed by atoms with Gasteiger partial charge in [-0.25, -0.2) is 0 Å². The van der Waals surface area contributed by atoms with Gasteiger partial charge in [0.15, 0.2) is 0 Å². The van der Waals surface area contributed by atoms with Crippen molar-refractivity contribution in [2.75, 3.05) is 18.5 Å². The van der Waals surface area contributed by atoms with E-state index in [1.807, 2.05) is 51.1 Å². The van der Waals surface area contributed by atoms with E-state index in [-0.39, 0.29) is 30.4 Å². The molecular formula is C30H37N3O6. The van der Waals surface area contributed by atoms with Crippen molar-refractivity contribution in [2.45, 2.75) is 69.9 Å². The van der Waals surface area contributed by atoms with Crippen molar-refractivity contribution in [3.63, 3.8) is 0 Å². The summed E-state index contributed by atoms with van der Waals surface area (Å²) in [5, 5.41) is 16.4. The number of anilines is 1. The number of nitrogens with zero attached hydrogens (tertiary/aromatic N) is 1. The van der Waals surface area contributed by atoms with Crippen LogP contribution in [0.25, 0.3) is 0 Å². The molecule has 9 heteroatoms. The third-order valence-electron chi connectivity index (χ3n) is 8.07. The van der Waals surface area contributed by atoms with Crippen molar-refractivity contribution in [3.05, 3.63) is 60.2 Å². The summed E-state index contributed by atoms with van der Waals surface area (Å²) in [6.07, 6.45) is 0.994. The van der Waals surface area contributed by atoms with E-state index in [0.717, 1.165) is 5.56 Å². The highest BCUT2D eigenvalue weighted by atomic mass is 16.5. The van der Waals surface area contributed by atoms with Crippen molar-refractivity contribution in [3.8, 4) is 5.75 Å². The summed E-state index contributed by atoms with van der Waals surface area (Å²) in [4.78, 5) is 43.0. The van der Waals surface area contributed by atoms with Crippen LogP contribution in [0.4, 0.5) is 5.69 Å². The van der Waals surface area contributed by atoms with Crippen molar-refractivity contribution >= 4 is 23.4 Å². The first-order valence-electron chi connectivity index (χ1n) is 13.8. The van der Waals surface area contributed by atoms with Crippen LogP contribution in [0.2, 0.25) is 0 Å². The van der Waals surface area contributed by atoms with Crippen LogP contribution in [0, 0.1) is 11.8 Å². The molecule has 3 aliphatic heterocycles. The van der Waals surface area contributed by atoms with Gasteiger partial charge in [-0.2, -0.15) is 0 Å². The van der Waals surface area contributed by atoms with Gasteiger partial charge in [0.2, 0.25) is 17.7 Å². The summed E-state index contributed by atoms with van der Waals surface area (Å²) in [5.41, 5.74) is 0.414. The van der Waals surface area contributed by atoms with Gasteiger partial charge in [-0.15, -0.1) is 0 Å². The number of likely N-dealkylation sites (tertiary alicyclic amines) is 1. The van der Waals surface area contributed by atoms with Crippen LogP contribution in [-0.4, -0.2) is 70.8 Å². The molecule has 2 aromatic carbocycles. The lowest BCUT2D eigenvalue weighted by atomic mass is 9.70. The molecule has 3 fully saturated rings. The van der Waals surface area contributed by atoms with E-state index >= 15 is 0 Å². The topological polar surface area (TPSA) is 117 Å². The number of rotatable bonds is 10. The molecule has 1 spiro atoms. The fraction of sp³-hybridized carbons (Fsp3) is 0.500. The molecule has 2 unspecified atom stereocenters. The van der Waals surface area contributed by atoms with Gasteiger partial charge in [-0.05, 0) is 69.9 Å². The Morgan fingerprint density at radius 2 is 1.85 bits per heavy atom. The van der Waals surface area contributed by atoms with E-state index in [2.05, 4.69) is 10.6 Å². The maximum absolute atomic E-state index is 14.2. The molecule has 5 rings (SSSR count). The predicted octanol–water partition coefficient (Wildman–Crippen LogP) is 2.53. The second-order valence-corrected chi connectivity index (χ2v) is 10.9. The molecule has 3 aliphatic rings. The van der Waals surface area contributed by atoms with Gasteiger partial charge in [-0.1, -0.05) is 30.3 Å². The second kappa shape index (κ2) is 11.0. The number of benzene rings is 2. The predicted molar refractivity (Wildman–Crippen MR) is 145 cm³/mol. The van der Waals surface area contributed by atoms with Gasteiger partial charge in [0.25, 0.3) is 0 Å². The number of hydrogen-bond donors (Lipinski definition) is 3. The Hall–Kier alpha value is -3.43. The monoisotopic (exact) mass is 535 g/mol. The summed E-state index contributed by atoms with van der Waals surface area (Å²) in [7, 11) is 0. The molecule has 3 N–H and O–H groups in total. The molecule has 9 nitrogen and oxygen atoms in total. The maximum atomic E-state index is 14.2. The van der Waals surface area contributed by atoms with Gasteiger partial charge >= 0.3 is 0 Å². The largest absolute Gasteiger partial charge is 0.494 e. The van der Waals surface area contributed by atoms with Crippen LogP contribution >= 0.6 is 0 Å². The molecule has 3 saturated heterocycles. The summed E-state index contributed by atoms with van der Waals surface area (Å²) >= 11 is 0. The minimum atomic E-state index is -1.12. The van der Waals surface area contributed by atoms with Crippen LogP contribution in [0.3, 0.4) is 0 Å². The third-order valence-corrected chi connectivity index (χ3v) is 8.07. The zero-order valence-electron chi connectivity index (χ0n) is 22.6. The quantitative estimate of drug-likeness (QED) is 0.431. The average Bonchev–Trinajstić information content (AvgIpc) is 3.56. The lowest BCUT2D eigenvalue weighted by molar-refractivity contribution is -0.145. The highest BCUT2D eigenvalue weighted by Crippen LogP contribution is 2.59. The van der Waals surface area contributed by atoms with E-state index in [4.69, 9.17) is 9.47 Å². The molecule has 0 aromatic heterocycles. The standard InChI is InChI=1S/C30H37N3O6/c1-4-38-22-12-10-20(11-13-22)32-27(35)24-23-14-15-30(39-23)25(24)29(37)33(26(30)28(36)31-18(2)3)21(17-34)16-19-8-6-5-7-9-19/h5-13,18,21,23-26,34H,4,14-17H2,1-3H3,(H,31,36)(H,32,35)/t21-,23-,24+,25+,26?,30?/m1/s1. The van der Waals surface area contributed by atoms with Gasteiger partial charge in [-0.3, -0.25) is 14.4 Å². The van der Waals surface area contributed by atoms with E-state index in [0.29, 0.717) is 37.3 Å². The number of fused-ring (bicyclic) bond motifs is 1. The van der Waals surface area contributed by atoms with Crippen molar-refractivity contribution in [1.29, 1.82) is 0 Å². The molecule has 6 atom stereocenters. The number of carbonyl (C=O) groups excluding carboxylic acids is 3. The summed E-state index contributed by atoms with van der Waals surface area (Å²) in [6.45, 7) is 5.85. The zero-order chi connectivity index (χ0) is 27.7. The molecule has 0 saturated carbocycles. The van der Waals surface area contributed by atoms with Crippen LogP contribution in [0.15, 0.2) is 54.6 Å². The number of aliphatic hydroxyl groups is 1. The summed E-state index contributed by atoms with van der Waals surface area (Å²) in [6, 6.07) is 14.9. The Balaban J connectivity index is 1.46.